The van der Waals surface area contributed by atoms with Crippen molar-refractivity contribution in [1.29, 1.82) is 0 Å². The molecule has 2 unspecified atom stereocenters. The van der Waals surface area contributed by atoms with Crippen LogP contribution in [0.4, 0.5) is 4.39 Å². The number of fused-ring (bicyclic) bond motifs is 1. The van der Waals surface area contributed by atoms with Gasteiger partial charge in [0.1, 0.15) is 24.4 Å². The summed E-state index contributed by atoms with van der Waals surface area (Å²) in [5.41, 5.74) is -4.18. The zero-order chi connectivity index (χ0) is 35.7. The molecule has 2 aliphatic rings. The van der Waals surface area contributed by atoms with Crippen molar-refractivity contribution in [2.45, 2.75) is 90.4 Å². The van der Waals surface area contributed by atoms with Crippen LogP contribution in [0.3, 0.4) is 0 Å². The lowest BCUT2D eigenvalue weighted by Crippen LogP contribution is -2.52. The van der Waals surface area contributed by atoms with E-state index in [0.717, 1.165) is 19.2 Å². The Kier molecular flexibility index (Phi) is 11.6. The number of aromatic nitrogens is 2. The van der Waals surface area contributed by atoms with Gasteiger partial charge in [-0.2, -0.15) is 0 Å². The zero-order valence-corrected chi connectivity index (χ0v) is 27.8. The molecule has 1 saturated carbocycles. The Bertz CT molecular complexity index is 1480. The molecule has 20 heteroatoms. The number of phosphoric ester groups is 1. The first kappa shape index (κ1) is 38.4. The summed E-state index contributed by atoms with van der Waals surface area (Å²) in [6, 6.07) is -0.180. The third kappa shape index (κ3) is 7.22. The maximum atomic E-state index is 14.7. The molecule has 2 heterocycles. The number of carbonyl (C=O) groups is 3. The third-order valence-corrected chi connectivity index (χ3v) is 9.13. The van der Waals surface area contributed by atoms with Gasteiger partial charge in [-0.1, -0.05) is 41.5 Å². The Labute approximate surface area is 268 Å². The number of ether oxygens (including phenoxy) is 4. The van der Waals surface area contributed by atoms with Gasteiger partial charge in [-0.3, -0.25) is 28.3 Å². The Morgan fingerprint density at radius 1 is 1.00 bits per heavy atom. The smallest absolute Gasteiger partial charge is 0.442 e. The first-order valence-electron chi connectivity index (χ1n) is 14.5. The number of nitrogens with zero attached hydrogens (tertiary/aromatic N) is 2. The Hall–Kier alpha value is -3.03. The van der Waals surface area contributed by atoms with Gasteiger partial charge >= 0.3 is 31.4 Å². The number of esters is 3. The number of aliphatic hydroxyl groups is 2. The van der Waals surface area contributed by atoms with Crippen LogP contribution in [0.25, 0.3) is 0 Å². The second-order valence-electron chi connectivity index (χ2n) is 12.2. The second-order valence-corrected chi connectivity index (χ2v) is 13.8. The molecule has 6 atom stereocenters. The number of rotatable bonds is 16. The highest BCUT2D eigenvalue weighted by atomic mass is 31.2. The van der Waals surface area contributed by atoms with Gasteiger partial charge in [-0.05, 0) is 12.8 Å². The standard InChI is InChI=1S/C27H41FN3O15P/c1-14(2)18(29)21(35)40-11-31-17(32)8-9-30(24(31)36)23-25(7,37)27(38)22(26(27,10-28)45-23)46-47(39,43-12-41-19(33)15(3)4)44-13-42-20(34)16(5)6/h8-9,14-16,18,22-23,37-38H,10-13,29H2,1-7H3/t18?,22?,23-,25+,26-,27+/m1/s1. The van der Waals surface area contributed by atoms with Crippen LogP contribution in [0.15, 0.2) is 21.9 Å². The van der Waals surface area contributed by atoms with E-state index >= 15 is 0 Å². The fourth-order valence-corrected chi connectivity index (χ4v) is 5.82. The highest BCUT2D eigenvalue weighted by molar-refractivity contribution is 7.48. The van der Waals surface area contributed by atoms with Crippen LogP contribution in [-0.2, 0) is 58.2 Å². The van der Waals surface area contributed by atoms with E-state index in [4.69, 9.17) is 38.3 Å². The molecule has 1 aliphatic heterocycles. The molecular weight excluding hydrogens is 656 g/mol. The number of phosphoric acid groups is 1. The lowest BCUT2D eigenvalue weighted by Gasteiger charge is -2.33. The summed E-state index contributed by atoms with van der Waals surface area (Å²) in [6.07, 6.45) is -2.96. The lowest BCUT2D eigenvalue weighted by molar-refractivity contribution is -0.172. The average molecular weight is 698 g/mol. The molecule has 1 aromatic heterocycles. The predicted octanol–water partition coefficient (Wildman–Crippen LogP) is 0.0667. The van der Waals surface area contributed by atoms with Crippen molar-refractivity contribution < 1.29 is 66.1 Å². The van der Waals surface area contributed by atoms with Crippen molar-refractivity contribution in [2.75, 3.05) is 20.3 Å². The van der Waals surface area contributed by atoms with Crippen LogP contribution in [0.1, 0.15) is 54.7 Å². The number of alkyl halides is 1. The molecule has 1 aliphatic carbocycles. The number of hydrogen-bond acceptors (Lipinski definition) is 16. The van der Waals surface area contributed by atoms with E-state index in [1.54, 1.807) is 13.8 Å². The summed E-state index contributed by atoms with van der Waals surface area (Å²) >= 11 is 0. The van der Waals surface area contributed by atoms with E-state index in [-0.39, 0.29) is 5.92 Å². The minimum absolute atomic E-state index is 0.315. The molecule has 1 aromatic rings. The number of hydrogen-bond donors (Lipinski definition) is 3. The minimum atomic E-state index is -4.99. The Balaban J connectivity index is 1.88. The lowest BCUT2D eigenvalue weighted by atomic mass is 9.94. The van der Waals surface area contributed by atoms with E-state index in [1.165, 1.54) is 27.7 Å². The molecule has 3 rings (SSSR count). The van der Waals surface area contributed by atoms with Crippen LogP contribution in [0.2, 0.25) is 0 Å². The number of halogens is 1. The van der Waals surface area contributed by atoms with Crippen molar-refractivity contribution in [3.8, 4) is 0 Å². The maximum absolute atomic E-state index is 14.7. The van der Waals surface area contributed by atoms with Gasteiger partial charge in [0.2, 0.25) is 13.6 Å². The summed E-state index contributed by atoms with van der Waals surface area (Å²) in [6.45, 7) is 5.87. The van der Waals surface area contributed by atoms with E-state index in [2.05, 4.69) is 0 Å². The summed E-state index contributed by atoms with van der Waals surface area (Å²) < 4.78 is 65.1. The highest BCUT2D eigenvalue weighted by Crippen LogP contribution is 2.72. The van der Waals surface area contributed by atoms with Crippen molar-refractivity contribution in [1.82, 2.24) is 9.13 Å². The molecule has 0 amide bonds. The largest absolute Gasteiger partial charge is 0.481 e. The van der Waals surface area contributed by atoms with Gasteiger partial charge in [0, 0.05) is 12.3 Å². The molecule has 18 nitrogen and oxygen atoms in total. The second kappa shape index (κ2) is 14.2. The van der Waals surface area contributed by atoms with Crippen LogP contribution in [0.5, 0.6) is 0 Å². The topological polar surface area (TPSA) is 243 Å². The fourth-order valence-electron chi connectivity index (χ4n) is 4.68. The minimum Gasteiger partial charge on any atom is -0.442 e. The molecule has 1 saturated heterocycles. The van der Waals surface area contributed by atoms with Gasteiger partial charge in [0.25, 0.3) is 5.56 Å². The molecule has 0 bridgehead atoms. The molecule has 0 radical (unpaired) electrons. The molecule has 2 fully saturated rings. The third-order valence-electron chi connectivity index (χ3n) is 7.81. The van der Waals surface area contributed by atoms with E-state index in [1.807, 2.05) is 0 Å². The molecule has 0 spiro atoms. The Morgan fingerprint density at radius 2 is 1.53 bits per heavy atom. The van der Waals surface area contributed by atoms with Crippen molar-refractivity contribution in [2.24, 2.45) is 23.5 Å². The maximum Gasteiger partial charge on any atom is 0.481 e. The predicted molar refractivity (Wildman–Crippen MR) is 155 cm³/mol. The van der Waals surface area contributed by atoms with E-state index < -0.39 is 111 Å². The molecule has 47 heavy (non-hydrogen) atoms. The summed E-state index contributed by atoms with van der Waals surface area (Å²) in [5, 5.41) is 23.1. The van der Waals surface area contributed by atoms with Gasteiger partial charge < -0.3 is 34.9 Å². The van der Waals surface area contributed by atoms with Gasteiger partial charge in [-0.15, -0.1) is 0 Å². The van der Waals surface area contributed by atoms with Crippen LogP contribution < -0.4 is 17.0 Å². The quantitative estimate of drug-likeness (QED) is 0.0895. The molecule has 0 aromatic carbocycles. The van der Waals surface area contributed by atoms with Crippen molar-refractivity contribution in [3.05, 3.63) is 33.1 Å². The summed E-state index contributed by atoms with van der Waals surface area (Å²) in [5.74, 6) is -3.94. The SMILES string of the molecule is CC(C)C(=O)OCOP(=O)(OCOC(=O)C(C)C)OC1[C@]2(O)[C@@](C)(O)[C@H](n3ccc(=O)n(COC(=O)C(N)C(C)C)c3=O)O[C@]12CF. The van der Waals surface area contributed by atoms with Crippen LogP contribution >= 0.6 is 7.82 Å². The highest BCUT2D eigenvalue weighted by Gasteiger charge is 2.93. The van der Waals surface area contributed by atoms with Gasteiger partial charge in [0.15, 0.2) is 24.2 Å². The normalized spacial score (nSPS) is 27.5. The molecular formula is C27H41FN3O15P. The number of carbonyl (C=O) groups excluding carboxylic acids is 3. The first-order valence-corrected chi connectivity index (χ1v) is 16.0. The van der Waals surface area contributed by atoms with Crippen LogP contribution in [0, 0.1) is 17.8 Å². The summed E-state index contributed by atoms with van der Waals surface area (Å²) in [7, 11) is -4.99. The van der Waals surface area contributed by atoms with E-state index in [0.29, 0.717) is 9.13 Å². The number of nitrogens with two attached hydrogens (primary N) is 1. The fraction of sp³-hybridized carbons (Fsp3) is 0.741. The van der Waals surface area contributed by atoms with Crippen molar-refractivity contribution in [3.63, 3.8) is 0 Å². The van der Waals surface area contributed by atoms with Crippen LogP contribution in [-0.4, -0.2) is 86.5 Å². The monoisotopic (exact) mass is 697 g/mol. The zero-order valence-electron chi connectivity index (χ0n) is 26.9. The first-order chi connectivity index (χ1) is 21.7. The van der Waals surface area contributed by atoms with E-state index in [9.17, 15) is 43.1 Å². The molecule has 266 valence electrons. The Morgan fingerprint density at radius 3 is 1.98 bits per heavy atom. The average Bonchev–Trinajstić information content (AvgIpc) is 3.43. The van der Waals surface area contributed by atoms with Gasteiger partial charge in [0.05, 0.1) is 11.8 Å². The van der Waals surface area contributed by atoms with Gasteiger partial charge in [-0.25, -0.2) is 27.4 Å². The molecule has 4 N–H and O–H groups in total. The van der Waals surface area contributed by atoms with Crippen molar-refractivity contribution >= 4 is 25.7 Å². The summed E-state index contributed by atoms with van der Waals surface area (Å²) in [4.78, 5) is 61.6.